The summed E-state index contributed by atoms with van der Waals surface area (Å²) in [6.07, 6.45) is 12.0. The molecule has 4 rings (SSSR count). The molecule has 0 aromatic rings. The van der Waals surface area contributed by atoms with E-state index in [1.165, 1.54) is 37.7 Å². The van der Waals surface area contributed by atoms with Crippen LogP contribution >= 0.6 is 0 Å². The summed E-state index contributed by atoms with van der Waals surface area (Å²) >= 11 is 0. The molecule has 0 aromatic heterocycles. The highest BCUT2D eigenvalue weighted by molar-refractivity contribution is 7.80. The van der Waals surface area contributed by atoms with Crippen LogP contribution < -0.4 is 0 Å². The summed E-state index contributed by atoms with van der Waals surface area (Å²) in [7, 11) is -4.41. The number of rotatable bonds is 7. The quantitative estimate of drug-likeness (QED) is 0.334. The van der Waals surface area contributed by atoms with Crippen molar-refractivity contribution < 1.29 is 22.3 Å². The van der Waals surface area contributed by atoms with Crippen molar-refractivity contribution in [1.29, 1.82) is 0 Å². The number of allylic oxidation sites excluding steroid dienone is 1. The van der Waals surface area contributed by atoms with E-state index in [1.807, 2.05) is 0 Å². The Bertz CT molecular complexity index is 851. The van der Waals surface area contributed by atoms with Crippen molar-refractivity contribution >= 4 is 10.4 Å². The van der Waals surface area contributed by atoms with Gasteiger partial charge in [0.2, 0.25) is 0 Å². The molecule has 0 aliphatic heterocycles. The molecule has 4 aliphatic rings. The number of hydrogen-bond donors (Lipinski definition) is 2. The molecular formula is C27H46O5S. The van der Waals surface area contributed by atoms with Crippen molar-refractivity contribution in [3.63, 3.8) is 0 Å². The summed E-state index contributed by atoms with van der Waals surface area (Å²) in [5, 5.41) is 11.3. The molecule has 0 amide bonds. The molecule has 5 nitrogen and oxygen atoms in total. The van der Waals surface area contributed by atoms with Crippen molar-refractivity contribution in [3.8, 4) is 0 Å². The smallest absolute Gasteiger partial charge is 0.393 e. The normalized spacial score (nSPS) is 44.1. The van der Waals surface area contributed by atoms with Gasteiger partial charge in [-0.1, -0.05) is 65.5 Å². The van der Waals surface area contributed by atoms with Crippen LogP contribution in [0.1, 0.15) is 98.8 Å². The molecule has 0 saturated heterocycles. The van der Waals surface area contributed by atoms with E-state index in [0.29, 0.717) is 42.4 Å². The maximum atomic E-state index is 11.3. The second-order valence-corrected chi connectivity index (χ2v) is 13.9. The van der Waals surface area contributed by atoms with Gasteiger partial charge in [-0.15, -0.1) is 0 Å². The number of aliphatic hydroxyl groups excluding tert-OH is 1. The zero-order valence-electron chi connectivity index (χ0n) is 21.3. The van der Waals surface area contributed by atoms with E-state index in [0.717, 1.165) is 25.2 Å². The lowest BCUT2D eigenvalue weighted by Gasteiger charge is -2.58. The molecule has 2 N–H and O–H groups in total. The average Bonchev–Trinajstić information content (AvgIpc) is 2.97. The van der Waals surface area contributed by atoms with Gasteiger partial charge in [-0.3, -0.25) is 4.55 Å². The highest BCUT2D eigenvalue weighted by Gasteiger charge is 2.61. The average molecular weight is 483 g/mol. The maximum Gasteiger partial charge on any atom is 0.397 e. The molecule has 1 unspecified atom stereocenters. The van der Waals surface area contributed by atoms with E-state index in [4.69, 9.17) is 8.74 Å². The third-order valence-corrected chi connectivity index (χ3v) is 11.0. The van der Waals surface area contributed by atoms with Crippen LogP contribution in [-0.4, -0.2) is 30.3 Å². The highest BCUT2D eigenvalue weighted by Crippen LogP contribution is 2.67. The largest absolute Gasteiger partial charge is 0.397 e. The second kappa shape index (κ2) is 9.22. The SMILES string of the molecule is CC(C)CCC[C@@H](C)[C@H]1C(O)C[C@H]2[C@@H]3CC=C4C[C@@H](OS(=O)(=O)O)CC[C@]4(C)[C@H]3CC[C@]12C. The molecule has 33 heavy (non-hydrogen) atoms. The third-order valence-electron chi connectivity index (χ3n) is 10.5. The zero-order chi connectivity index (χ0) is 24.2. The van der Waals surface area contributed by atoms with E-state index in [9.17, 15) is 13.5 Å². The van der Waals surface area contributed by atoms with Gasteiger partial charge in [0.15, 0.2) is 0 Å². The van der Waals surface area contributed by atoms with E-state index in [1.54, 1.807) is 0 Å². The van der Waals surface area contributed by atoms with Crippen LogP contribution in [0.15, 0.2) is 11.6 Å². The van der Waals surface area contributed by atoms with Gasteiger partial charge >= 0.3 is 10.4 Å². The van der Waals surface area contributed by atoms with Crippen LogP contribution in [0.3, 0.4) is 0 Å². The molecule has 0 radical (unpaired) electrons. The second-order valence-electron chi connectivity index (χ2n) is 12.8. The standard InChI is InChI=1S/C27H46O5S/c1-17(2)7-6-8-18(3)25-24(28)16-23-21-10-9-19-15-20(32-33(29,30)31)11-13-26(19,4)22(21)12-14-27(23,25)5/h9,17-18,20-25,28H,6-8,10-16H2,1-5H3,(H,29,30,31)/t18-,20+,21-,22+,23+,24?,25+,26+,27+/m1/s1. The Labute approximate surface area is 201 Å². The Morgan fingerprint density at radius 3 is 2.52 bits per heavy atom. The molecule has 190 valence electrons. The van der Waals surface area contributed by atoms with Gasteiger partial charge in [-0.25, -0.2) is 4.18 Å². The zero-order valence-corrected chi connectivity index (χ0v) is 22.1. The topological polar surface area (TPSA) is 83.8 Å². The molecule has 0 bridgehead atoms. The lowest BCUT2D eigenvalue weighted by molar-refractivity contribution is -0.0609. The predicted molar refractivity (Wildman–Crippen MR) is 131 cm³/mol. The van der Waals surface area contributed by atoms with Crippen molar-refractivity contribution in [2.75, 3.05) is 0 Å². The first kappa shape index (κ1) is 25.7. The number of fused-ring (bicyclic) bond motifs is 5. The fourth-order valence-electron chi connectivity index (χ4n) is 8.99. The van der Waals surface area contributed by atoms with Gasteiger partial charge in [0.05, 0.1) is 12.2 Å². The van der Waals surface area contributed by atoms with Crippen LogP contribution in [0.2, 0.25) is 0 Å². The number of aliphatic hydroxyl groups is 1. The minimum absolute atomic E-state index is 0.0786. The lowest BCUT2D eigenvalue weighted by Crippen LogP contribution is -2.51. The lowest BCUT2D eigenvalue weighted by atomic mass is 9.47. The van der Waals surface area contributed by atoms with Crippen LogP contribution in [0, 0.1) is 46.3 Å². The van der Waals surface area contributed by atoms with Crippen LogP contribution in [0.25, 0.3) is 0 Å². The monoisotopic (exact) mass is 482 g/mol. The fraction of sp³-hybridized carbons (Fsp3) is 0.926. The Kier molecular flexibility index (Phi) is 7.17. The molecular weight excluding hydrogens is 436 g/mol. The molecule has 0 heterocycles. The molecule has 3 saturated carbocycles. The van der Waals surface area contributed by atoms with Crippen molar-refractivity contribution in [1.82, 2.24) is 0 Å². The summed E-state index contributed by atoms with van der Waals surface area (Å²) in [5.74, 6) is 3.44. The van der Waals surface area contributed by atoms with Crippen molar-refractivity contribution in [2.24, 2.45) is 46.3 Å². The molecule has 0 aromatic carbocycles. The first-order chi connectivity index (χ1) is 15.3. The summed E-state index contributed by atoms with van der Waals surface area (Å²) in [6, 6.07) is 0. The maximum absolute atomic E-state index is 11.3. The molecule has 6 heteroatoms. The molecule has 3 fully saturated rings. The Morgan fingerprint density at radius 2 is 1.85 bits per heavy atom. The predicted octanol–water partition coefficient (Wildman–Crippen LogP) is 6.19. The Balaban J connectivity index is 1.51. The molecule has 9 atom stereocenters. The highest BCUT2D eigenvalue weighted by atomic mass is 32.3. The summed E-state index contributed by atoms with van der Waals surface area (Å²) < 4.78 is 36.5. The van der Waals surface area contributed by atoms with E-state index in [2.05, 4.69) is 40.7 Å². The van der Waals surface area contributed by atoms with Gasteiger partial charge in [0.25, 0.3) is 0 Å². The van der Waals surface area contributed by atoms with E-state index < -0.39 is 16.5 Å². The Morgan fingerprint density at radius 1 is 1.12 bits per heavy atom. The minimum Gasteiger partial charge on any atom is -0.393 e. The van der Waals surface area contributed by atoms with Crippen LogP contribution in [0.5, 0.6) is 0 Å². The molecule has 0 spiro atoms. The minimum atomic E-state index is -4.41. The number of hydrogen-bond acceptors (Lipinski definition) is 4. The summed E-state index contributed by atoms with van der Waals surface area (Å²) in [6.45, 7) is 11.8. The van der Waals surface area contributed by atoms with Crippen LogP contribution in [0.4, 0.5) is 0 Å². The van der Waals surface area contributed by atoms with Gasteiger partial charge in [0.1, 0.15) is 0 Å². The van der Waals surface area contributed by atoms with E-state index >= 15 is 0 Å². The van der Waals surface area contributed by atoms with Crippen molar-refractivity contribution in [2.45, 2.75) is 111 Å². The van der Waals surface area contributed by atoms with Gasteiger partial charge in [-0.05, 0) is 91.3 Å². The Hall–Kier alpha value is -0.430. The van der Waals surface area contributed by atoms with Gasteiger partial charge < -0.3 is 5.11 Å². The summed E-state index contributed by atoms with van der Waals surface area (Å²) in [5.41, 5.74) is 1.62. The van der Waals surface area contributed by atoms with E-state index in [-0.39, 0.29) is 16.9 Å². The van der Waals surface area contributed by atoms with Crippen molar-refractivity contribution in [3.05, 3.63) is 11.6 Å². The first-order valence-corrected chi connectivity index (χ1v) is 14.7. The molecule has 4 aliphatic carbocycles. The summed E-state index contributed by atoms with van der Waals surface area (Å²) in [4.78, 5) is 0. The van der Waals surface area contributed by atoms with Gasteiger partial charge in [-0.2, -0.15) is 8.42 Å². The fourth-order valence-corrected chi connectivity index (χ4v) is 9.50. The third kappa shape index (κ3) is 4.83. The first-order valence-electron chi connectivity index (χ1n) is 13.4. The van der Waals surface area contributed by atoms with Gasteiger partial charge in [0, 0.05) is 0 Å². The van der Waals surface area contributed by atoms with Crippen LogP contribution in [-0.2, 0) is 14.6 Å².